The fourth-order valence-corrected chi connectivity index (χ4v) is 4.21. The molecule has 0 aliphatic carbocycles. The molecule has 2 rings (SSSR count). The summed E-state index contributed by atoms with van der Waals surface area (Å²) in [6, 6.07) is 4.77. The van der Waals surface area contributed by atoms with Crippen molar-refractivity contribution < 1.29 is 0 Å². The summed E-state index contributed by atoms with van der Waals surface area (Å²) in [6.07, 6.45) is 1.16. The van der Waals surface area contributed by atoms with Gasteiger partial charge in [0.25, 0.3) is 0 Å². The summed E-state index contributed by atoms with van der Waals surface area (Å²) in [4.78, 5) is 0. The normalized spacial score (nSPS) is 21.7. The van der Waals surface area contributed by atoms with E-state index in [0.717, 1.165) is 23.7 Å². The van der Waals surface area contributed by atoms with Crippen molar-refractivity contribution in [3.63, 3.8) is 0 Å². The first kappa shape index (κ1) is 14.2. The maximum atomic E-state index is 6.40. The number of fused-ring (bicyclic) bond motifs is 1. The van der Waals surface area contributed by atoms with Gasteiger partial charge < -0.3 is 5.32 Å². The highest BCUT2D eigenvalue weighted by molar-refractivity contribution is 8.00. The molecule has 0 bridgehead atoms. The van der Waals surface area contributed by atoms with Crippen molar-refractivity contribution in [1.29, 1.82) is 0 Å². The number of thioether (sulfide) groups is 1. The van der Waals surface area contributed by atoms with Gasteiger partial charge in [0.05, 0.1) is 0 Å². The first-order valence-corrected chi connectivity index (χ1v) is 7.98. The molecule has 0 fully saturated rings. The van der Waals surface area contributed by atoms with Crippen LogP contribution in [0.3, 0.4) is 0 Å². The summed E-state index contributed by atoms with van der Waals surface area (Å²) in [6.45, 7) is 10.0. The Morgan fingerprint density at radius 1 is 1.44 bits per heavy atom. The van der Waals surface area contributed by atoms with Gasteiger partial charge in [-0.1, -0.05) is 24.6 Å². The highest BCUT2D eigenvalue weighted by Crippen LogP contribution is 2.47. The zero-order valence-corrected chi connectivity index (χ0v) is 13.2. The van der Waals surface area contributed by atoms with Crippen LogP contribution in [0.25, 0.3) is 0 Å². The molecular formula is C15H22ClNS. The zero-order chi connectivity index (χ0) is 13.3. The summed E-state index contributed by atoms with van der Waals surface area (Å²) >= 11 is 8.39. The van der Waals surface area contributed by atoms with Crippen molar-refractivity contribution in [2.75, 3.05) is 6.54 Å². The Kier molecular flexibility index (Phi) is 4.30. The number of halogens is 1. The molecule has 100 valence electrons. The molecule has 1 heterocycles. The van der Waals surface area contributed by atoms with Crippen molar-refractivity contribution in [2.24, 2.45) is 0 Å². The molecule has 1 aliphatic heterocycles. The van der Waals surface area contributed by atoms with E-state index >= 15 is 0 Å². The van der Waals surface area contributed by atoms with E-state index in [1.165, 1.54) is 16.7 Å². The molecule has 1 unspecified atom stereocenters. The van der Waals surface area contributed by atoms with E-state index in [2.05, 4.69) is 45.1 Å². The molecule has 0 saturated heterocycles. The van der Waals surface area contributed by atoms with Crippen LogP contribution in [0.2, 0.25) is 5.02 Å². The first-order valence-electron chi connectivity index (χ1n) is 6.62. The van der Waals surface area contributed by atoms with E-state index in [4.69, 9.17) is 11.6 Å². The van der Waals surface area contributed by atoms with Gasteiger partial charge in [-0.25, -0.2) is 0 Å². The number of aryl methyl sites for hydroxylation is 1. The van der Waals surface area contributed by atoms with Crippen LogP contribution in [0.1, 0.15) is 49.9 Å². The predicted molar refractivity (Wildman–Crippen MR) is 82.6 cm³/mol. The Balaban J connectivity index is 2.43. The molecule has 1 aromatic rings. The highest BCUT2D eigenvalue weighted by Gasteiger charge is 2.37. The smallest absolute Gasteiger partial charge is 0.0467 e. The van der Waals surface area contributed by atoms with E-state index in [9.17, 15) is 0 Å². The minimum atomic E-state index is 0.222. The van der Waals surface area contributed by atoms with Crippen LogP contribution in [-0.4, -0.2) is 11.3 Å². The Hall–Kier alpha value is -0.180. The van der Waals surface area contributed by atoms with Crippen LogP contribution in [0.5, 0.6) is 0 Å². The average molecular weight is 284 g/mol. The maximum absolute atomic E-state index is 6.40. The number of hydrogen-bond donors (Lipinski definition) is 1. The van der Waals surface area contributed by atoms with Gasteiger partial charge in [0.2, 0.25) is 0 Å². The third-order valence-electron chi connectivity index (χ3n) is 3.57. The number of benzene rings is 1. The van der Waals surface area contributed by atoms with E-state index in [-0.39, 0.29) is 4.75 Å². The standard InChI is InChI=1S/C15H22ClNS/c1-5-6-17-14-11-7-10(2)8-13(16)12(11)9-18-15(14,3)4/h7-8,14,17H,5-6,9H2,1-4H3. The number of nitrogens with one attached hydrogen (secondary N) is 1. The van der Waals surface area contributed by atoms with Crippen molar-refractivity contribution in [1.82, 2.24) is 5.32 Å². The lowest BCUT2D eigenvalue weighted by Gasteiger charge is -2.40. The van der Waals surface area contributed by atoms with Gasteiger partial charge in [-0.05, 0) is 56.5 Å². The van der Waals surface area contributed by atoms with Gasteiger partial charge in [-0.15, -0.1) is 11.8 Å². The maximum Gasteiger partial charge on any atom is 0.0467 e. The van der Waals surface area contributed by atoms with Crippen molar-refractivity contribution in [3.8, 4) is 0 Å². The van der Waals surface area contributed by atoms with E-state index in [1.54, 1.807) is 0 Å². The molecule has 0 amide bonds. The topological polar surface area (TPSA) is 12.0 Å². The fraction of sp³-hybridized carbons (Fsp3) is 0.600. The predicted octanol–water partition coefficient (Wildman–Crippen LogP) is 4.71. The van der Waals surface area contributed by atoms with Crippen LogP contribution in [-0.2, 0) is 5.75 Å². The minimum Gasteiger partial charge on any atom is -0.309 e. The van der Waals surface area contributed by atoms with Crippen LogP contribution in [0, 0.1) is 6.92 Å². The molecule has 1 N–H and O–H groups in total. The lowest BCUT2D eigenvalue weighted by molar-refractivity contribution is 0.439. The molecule has 0 aromatic heterocycles. The minimum absolute atomic E-state index is 0.222. The van der Waals surface area contributed by atoms with Gasteiger partial charge in [-0.2, -0.15) is 0 Å². The van der Waals surface area contributed by atoms with Gasteiger partial charge in [0, 0.05) is 21.6 Å². The van der Waals surface area contributed by atoms with Crippen LogP contribution < -0.4 is 5.32 Å². The van der Waals surface area contributed by atoms with E-state index in [0.29, 0.717) is 6.04 Å². The van der Waals surface area contributed by atoms with Gasteiger partial charge in [0.1, 0.15) is 0 Å². The first-order chi connectivity index (χ1) is 8.45. The average Bonchev–Trinajstić information content (AvgIpc) is 2.26. The summed E-state index contributed by atoms with van der Waals surface area (Å²) in [7, 11) is 0. The summed E-state index contributed by atoms with van der Waals surface area (Å²) in [5, 5.41) is 4.62. The quantitative estimate of drug-likeness (QED) is 0.862. The summed E-state index contributed by atoms with van der Waals surface area (Å²) < 4.78 is 0.222. The third-order valence-corrected chi connectivity index (χ3v) is 5.32. The molecule has 1 nitrogen and oxygen atoms in total. The van der Waals surface area contributed by atoms with Gasteiger partial charge >= 0.3 is 0 Å². The molecular weight excluding hydrogens is 262 g/mol. The molecule has 1 aromatic carbocycles. The van der Waals surface area contributed by atoms with Crippen LogP contribution >= 0.6 is 23.4 Å². The SMILES string of the molecule is CCCNC1c2cc(C)cc(Cl)c2CSC1(C)C. The lowest BCUT2D eigenvalue weighted by atomic mass is 9.90. The Morgan fingerprint density at radius 2 is 2.17 bits per heavy atom. The second-order valence-corrected chi connectivity index (χ2v) is 7.63. The van der Waals surface area contributed by atoms with Crippen molar-refractivity contribution >= 4 is 23.4 Å². The van der Waals surface area contributed by atoms with Crippen molar-refractivity contribution in [2.45, 2.75) is 50.7 Å². The summed E-state index contributed by atoms with van der Waals surface area (Å²) in [5.41, 5.74) is 3.97. The second-order valence-electron chi connectivity index (χ2n) is 5.59. The lowest BCUT2D eigenvalue weighted by Crippen LogP contribution is -2.40. The molecule has 1 aliphatic rings. The third kappa shape index (κ3) is 2.71. The monoisotopic (exact) mass is 283 g/mol. The Morgan fingerprint density at radius 3 is 2.83 bits per heavy atom. The number of hydrogen-bond acceptors (Lipinski definition) is 2. The second kappa shape index (κ2) is 5.44. The van der Waals surface area contributed by atoms with E-state index < -0.39 is 0 Å². The molecule has 1 atom stereocenters. The number of rotatable bonds is 3. The molecule has 3 heteroatoms. The molecule has 18 heavy (non-hydrogen) atoms. The van der Waals surface area contributed by atoms with Gasteiger partial charge in [0.15, 0.2) is 0 Å². The van der Waals surface area contributed by atoms with E-state index in [1.807, 2.05) is 11.8 Å². The molecule has 0 radical (unpaired) electrons. The Bertz CT molecular complexity index is 442. The van der Waals surface area contributed by atoms with Crippen molar-refractivity contribution in [3.05, 3.63) is 33.8 Å². The zero-order valence-electron chi connectivity index (χ0n) is 11.6. The highest BCUT2D eigenvalue weighted by atomic mass is 35.5. The van der Waals surface area contributed by atoms with Crippen LogP contribution in [0.4, 0.5) is 0 Å². The molecule has 0 saturated carbocycles. The molecule has 0 spiro atoms. The fourth-order valence-electron chi connectivity index (χ4n) is 2.57. The van der Waals surface area contributed by atoms with Gasteiger partial charge in [-0.3, -0.25) is 0 Å². The largest absolute Gasteiger partial charge is 0.309 e. The summed E-state index contributed by atoms with van der Waals surface area (Å²) in [5.74, 6) is 1.02. The Labute approximate surface area is 120 Å². The van der Waals surface area contributed by atoms with Crippen LogP contribution in [0.15, 0.2) is 12.1 Å².